The summed E-state index contributed by atoms with van der Waals surface area (Å²) in [6.07, 6.45) is 1.00. The molecule has 0 bridgehead atoms. The third-order valence-electron chi connectivity index (χ3n) is 2.39. The van der Waals surface area contributed by atoms with E-state index >= 15 is 0 Å². The quantitative estimate of drug-likeness (QED) is 0.895. The molecule has 4 heteroatoms. The Bertz CT molecular complexity index is 327. The minimum Gasteiger partial charge on any atom is -0.361 e. The summed E-state index contributed by atoms with van der Waals surface area (Å²) < 4.78 is 6.11. The minimum atomic E-state index is 0.283. The zero-order chi connectivity index (χ0) is 11.4. The van der Waals surface area contributed by atoms with E-state index in [9.17, 15) is 0 Å². The number of hydrogen-bond acceptors (Lipinski definition) is 3. The molecule has 15 heavy (non-hydrogen) atoms. The average molecular weight is 273 g/mol. The number of aryl methyl sites for hydroxylation is 2. The zero-order valence-corrected chi connectivity index (χ0v) is 11.0. The van der Waals surface area contributed by atoms with Gasteiger partial charge in [-0.3, -0.25) is 0 Å². The highest BCUT2D eigenvalue weighted by atomic mass is 79.9. The Morgan fingerprint density at radius 3 is 2.67 bits per heavy atom. The van der Waals surface area contributed by atoms with E-state index in [0.29, 0.717) is 0 Å². The van der Waals surface area contributed by atoms with Gasteiger partial charge >= 0.3 is 0 Å². The topological polar surface area (TPSA) is 38.1 Å². The average Bonchev–Trinajstić information content (AvgIpc) is 2.49. The molecule has 0 amide bonds. The van der Waals surface area contributed by atoms with E-state index in [1.165, 1.54) is 5.56 Å². The molecular weight excluding hydrogens is 256 g/mol. The van der Waals surface area contributed by atoms with Gasteiger partial charge in [0.15, 0.2) is 0 Å². The number of hydrogen-bond donors (Lipinski definition) is 1. The van der Waals surface area contributed by atoms with Gasteiger partial charge in [0.25, 0.3) is 0 Å². The van der Waals surface area contributed by atoms with Crippen molar-refractivity contribution >= 4 is 15.9 Å². The van der Waals surface area contributed by atoms with Crippen LogP contribution in [0.3, 0.4) is 0 Å². The predicted octanol–water partition coefficient (Wildman–Crippen LogP) is 3.24. The van der Waals surface area contributed by atoms with Gasteiger partial charge in [0.1, 0.15) is 5.76 Å². The van der Waals surface area contributed by atoms with E-state index in [0.717, 1.165) is 28.9 Å². The second-order valence-electron chi connectivity index (χ2n) is 3.60. The maximum absolute atomic E-state index is 5.16. The van der Waals surface area contributed by atoms with Crippen LogP contribution in [0.1, 0.15) is 36.4 Å². The monoisotopic (exact) mass is 272 g/mol. The molecule has 1 heterocycles. The first kappa shape index (κ1) is 12.5. The van der Waals surface area contributed by atoms with E-state index in [-0.39, 0.29) is 6.04 Å². The third-order valence-corrected chi connectivity index (χ3v) is 2.67. The molecule has 0 spiro atoms. The fourth-order valence-corrected chi connectivity index (χ4v) is 1.83. The van der Waals surface area contributed by atoms with Crippen LogP contribution in [0.4, 0.5) is 0 Å². The molecule has 1 atom stereocenters. The SMILES string of the molecule is C=C(Br)CN[C@@H](CC)c1c(C)noc1C. The first-order chi connectivity index (χ1) is 7.06. The summed E-state index contributed by atoms with van der Waals surface area (Å²) in [7, 11) is 0. The number of rotatable bonds is 5. The van der Waals surface area contributed by atoms with E-state index in [4.69, 9.17) is 4.52 Å². The number of nitrogens with one attached hydrogen (secondary N) is 1. The smallest absolute Gasteiger partial charge is 0.138 e. The van der Waals surface area contributed by atoms with Crippen molar-refractivity contribution in [2.45, 2.75) is 33.2 Å². The molecule has 0 radical (unpaired) electrons. The van der Waals surface area contributed by atoms with E-state index < -0.39 is 0 Å². The van der Waals surface area contributed by atoms with Crippen molar-refractivity contribution in [3.63, 3.8) is 0 Å². The van der Waals surface area contributed by atoms with Crippen LogP contribution in [0.25, 0.3) is 0 Å². The summed E-state index contributed by atoms with van der Waals surface area (Å²) in [5, 5.41) is 7.37. The van der Waals surface area contributed by atoms with Crippen molar-refractivity contribution in [3.8, 4) is 0 Å². The van der Waals surface area contributed by atoms with Crippen molar-refractivity contribution < 1.29 is 4.52 Å². The Balaban J connectivity index is 2.78. The highest BCUT2D eigenvalue weighted by molar-refractivity contribution is 9.11. The van der Waals surface area contributed by atoms with Crippen LogP contribution in [0, 0.1) is 13.8 Å². The first-order valence-corrected chi connectivity index (χ1v) is 5.85. The maximum Gasteiger partial charge on any atom is 0.138 e. The van der Waals surface area contributed by atoms with Gasteiger partial charge in [-0.05, 0) is 20.3 Å². The van der Waals surface area contributed by atoms with Gasteiger partial charge in [-0.25, -0.2) is 0 Å². The molecule has 1 rings (SSSR count). The van der Waals surface area contributed by atoms with Crippen molar-refractivity contribution in [3.05, 3.63) is 28.1 Å². The van der Waals surface area contributed by atoms with Gasteiger partial charge in [-0.1, -0.05) is 34.6 Å². The number of nitrogens with zero attached hydrogens (tertiary/aromatic N) is 1. The summed E-state index contributed by atoms with van der Waals surface area (Å²) in [4.78, 5) is 0. The normalized spacial score (nSPS) is 12.8. The van der Waals surface area contributed by atoms with Crippen LogP contribution in [0.2, 0.25) is 0 Å². The zero-order valence-electron chi connectivity index (χ0n) is 9.43. The fraction of sp³-hybridized carbons (Fsp3) is 0.545. The summed E-state index contributed by atoms with van der Waals surface area (Å²) in [5.41, 5.74) is 2.14. The Morgan fingerprint density at radius 1 is 1.60 bits per heavy atom. The minimum absolute atomic E-state index is 0.283. The summed E-state index contributed by atoms with van der Waals surface area (Å²) in [6.45, 7) is 10.6. The van der Waals surface area contributed by atoms with E-state index in [1.54, 1.807) is 0 Å². The molecule has 0 aliphatic rings. The Morgan fingerprint density at radius 2 is 2.27 bits per heavy atom. The van der Waals surface area contributed by atoms with Crippen molar-refractivity contribution in [1.29, 1.82) is 0 Å². The molecular formula is C11H17BrN2O. The molecule has 0 saturated carbocycles. The van der Waals surface area contributed by atoms with Crippen LogP contribution in [0.5, 0.6) is 0 Å². The molecule has 0 aliphatic heterocycles. The Hall–Kier alpha value is -0.610. The number of aromatic nitrogens is 1. The lowest BCUT2D eigenvalue weighted by Gasteiger charge is -2.16. The van der Waals surface area contributed by atoms with Gasteiger partial charge in [0.2, 0.25) is 0 Å². The van der Waals surface area contributed by atoms with Gasteiger partial charge in [-0.15, -0.1) is 0 Å². The van der Waals surface area contributed by atoms with Crippen LogP contribution in [-0.2, 0) is 0 Å². The molecule has 3 nitrogen and oxygen atoms in total. The second kappa shape index (κ2) is 5.47. The van der Waals surface area contributed by atoms with Crippen LogP contribution >= 0.6 is 15.9 Å². The number of halogens is 1. The Labute approximate surface area is 99.0 Å². The van der Waals surface area contributed by atoms with Crippen molar-refractivity contribution in [2.75, 3.05) is 6.54 Å². The highest BCUT2D eigenvalue weighted by Gasteiger charge is 2.18. The fourth-order valence-electron chi connectivity index (χ4n) is 1.67. The summed E-state index contributed by atoms with van der Waals surface area (Å²) in [5.74, 6) is 0.895. The highest BCUT2D eigenvalue weighted by Crippen LogP contribution is 2.24. The molecule has 84 valence electrons. The lowest BCUT2D eigenvalue weighted by molar-refractivity contribution is 0.390. The standard InChI is InChI=1S/C11H17BrN2O/c1-5-10(13-6-7(2)12)11-8(3)14-15-9(11)4/h10,13H,2,5-6H2,1,3-4H3/t10-/m0/s1. The third kappa shape index (κ3) is 3.18. The Kier molecular flexibility index (Phi) is 4.54. The van der Waals surface area contributed by atoms with Gasteiger partial charge in [0, 0.05) is 22.6 Å². The van der Waals surface area contributed by atoms with Gasteiger partial charge in [-0.2, -0.15) is 0 Å². The van der Waals surface area contributed by atoms with E-state index in [1.807, 2.05) is 13.8 Å². The predicted molar refractivity (Wildman–Crippen MR) is 65.1 cm³/mol. The van der Waals surface area contributed by atoms with E-state index in [2.05, 4.69) is 39.9 Å². The lowest BCUT2D eigenvalue weighted by Crippen LogP contribution is -2.22. The first-order valence-electron chi connectivity index (χ1n) is 5.05. The molecule has 1 aromatic heterocycles. The molecule has 0 unspecified atom stereocenters. The lowest BCUT2D eigenvalue weighted by atomic mass is 10.0. The maximum atomic E-state index is 5.16. The van der Waals surface area contributed by atoms with Crippen LogP contribution in [-0.4, -0.2) is 11.7 Å². The summed E-state index contributed by atoms with van der Waals surface area (Å²) >= 11 is 3.34. The van der Waals surface area contributed by atoms with Gasteiger partial charge < -0.3 is 9.84 Å². The largest absolute Gasteiger partial charge is 0.361 e. The summed E-state index contributed by atoms with van der Waals surface area (Å²) in [6, 6.07) is 0.283. The van der Waals surface area contributed by atoms with Crippen molar-refractivity contribution in [2.24, 2.45) is 0 Å². The molecule has 0 aromatic carbocycles. The van der Waals surface area contributed by atoms with Crippen LogP contribution < -0.4 is 5.32 Å². The molecule has 0 fully saturated rings. The van der Waals surface area contributed by atoms with Gasteiger partial charge in [0.05, 0.1) is 5.69 Å². The second-order valence-corrected chi connectivity index (χ2v) is 4.72. The van der Waals surface area contributed by atoms with Crippen LogP contribution in [0.15, 0.2) is 15.6 Å². The molecule has 0 saturated heterocycles. The molecule has 0 aliphatic carbocycles. The molecule has 1 aromatic rings. The van der Waals surface area contributed by atoms with Crippen molar-refractivity contribution in [1.82, 2.24) is 10.5 Å². The molecule has 1 N–H and O–H groups in total.